The number of alkyl halides is 3. The first-order valence-corrected chi connectivity index (χ1v) is 4.97. The van der Waals surface area contributed by atoms with Crippen LogP contribution < -0.4 is 0 Å². The SMILES string of the molecule is FC(F)(F)c1ccnc2cc(C3CC3)nn12. The van der Waals surface area contributed by atoms with Gasteiger partial charge in [0.25, 0.3) is 0 Å². The van der Waals surface area contributed by atoms with E-state index in [0.29, 0.717) is 11.6 Å². The Balaban J connectivity index is 2.21. The van der Waals surface area contributed by atoms with Gasteiger partial charge in [-0.3, -0.25) is 0 Å². The van der Waals surface area contributed by atoms with Crippen LogP contribution in [0.1, 0.15) is 30.1 Å². The first-order valence-electron chi connectivity index (χ1n) is 4.97. The minimum absolute atomic E-state index is 0.261. The van der Waals surface area contributed by atoms with Gasteiger partial charge in [0, 0.05) is 18.2 Å². The monoisotopic (exact) mass is 227 g/mol. The van der Waals surface area contributed by atoms with E-state index in [2.05, 4.69) is 10.1 Å². The summed E-state index contributed by atoms with van der Waals surface area (Å²) in [7, 11) is 0. The van der Waals surface area contributed by atoms with Crippen molar-refractivity contribution in [1.29, 1.82) is 0 Å². The van der Waals surface area contributed by atoms with Gasteiger partial charge < -0.3 is 0 Å². The molecule has 0 bridgehead atoms. The standard InChI is InChI=1S/C10H8F3N3/c11-10(12,13)8-3-4-14-9-5-7(6-1-2-6)15-16(8)9/h3-6H,1-2H2. The fourth-order valence-corrected chi connectivity index (χ4v) is 1.71. The molecule has 0 N–H and O–H groups in total. The van der Waals surface area contributed by atoms with Gasteiger partial charge >= 0.3 is 6.18 Å². The average Bonchev–Trinajstić information content (AvgIpc) is 2.95. The molecule has 2 aromatic heterocycles. The van der Waals surface area contributed by atoms with Crippen LogP contribution in [-0.4, -0.2) is 14.6 Å². The van der Waals surface area contributed by atoms with Crippen molar-refractivity contribution >= 4 is 5.65 Å². The molecule has 1 fully saturated rings. The van der Waals surface area contributed by atoms with Gasteiger partial charge in [0.05, 0.1) is 5.69 Å². The molecule has 0 aliphatic heterocycles. The van der Waals surface area contributed by atoms with Crippen LogP contribution in [0.4, 0.5) is 13.2 Å². The molecule has 6 heteroatoms. The molecule has 0 saturated heterocycles. The summed E-state index contributed by atoms with van der Waals surface area (Å²) in [5.74, 6) is 0.322. The third-order valence-electron chi connectivity index (χ3n) is 2.66. The maximum absolute atomic E-state index is 12.7. The number of nitrogens with zero attached hydrogens (tertiary/aromatic N) is 3. The molecule has 3 rings (SSSR count). The van der Waals surface area contributed by atoms with Gasteiger partial charge in [-0.1, -0.05) is 0 Å². The molecule has 2 aromatic rings. The van der Waals surface area contributed by atoms with Crippen LogP contribution in [0.25, 0.3) is 5.65 Å². The lowest BCUT2D eigenvalue weighted by atomic mass is 10.3. The fraction of sp³-hybridized carbons (Fsp3) is 0.400. The fourth-order valence-electron chi connectivity index (χ4n) is 1.71. The van der Waals surface area contributed by atoms with Crippen molar-refractivity contribution in [3.8, 4) is 0 Å². The maximum Gasteiger partial charge on any atom is 0.433 e. The van der Waals surface area contributed by atoms with Crippen molar-refractivity contribution in [2.75, 3.05) is 0 Å². The molecule has 0 radical (unpaired) electrons. The molecule has 0 unspecified atom stereocenters. The van der Waals surface area contributed by atoms with Gasteiger partial charge in [-0.15, -0.1) is 0 Å². The highest BCUT2D eigenvalue weighted by molar-refractivity contribution is 5.42. The summed E-state index contributed by atoms with van der Waals surface area (Å²) in [6.07, 6.45) is -1.22. The molecule has 16 heavy (non-hydrogen) atoms. The third kappa shape index (κ3) is 1.45. The van der Waals surface area contributed by atoms with Crippen LogP contribution in [0.2, 0.25) is 0 Å². The normalized spacial score (nSPS) is 16.9. The van der Waals surface area contributed by atoms with Crippen molar-refractivity contribution < 1.29 is 13.2 Å². The second kappa shape index (κ2) is 2.96. The molecule has 0 aromatic carbocycles. The van der Waals surface area contributed by atoms with E-state index in [1.165, 1.54) is 0 Å². The van der Waals surface area contributed by atoms with Crippen molar-refractivity contribution in [1.82, 2.24) is 14.6 Å². The van der Waals surface area contributed by atoms with E-state index < -0.39 is 11.9 Å². The largest absolute Gasteiger partial charge is 0.433 e. The number of hydrogen-bond donors (Lipinski definition) is 0. The summed E-state index contributed by atoms with van der Waals surface area (Å²) >= 11 is 0. The number of halogens is 3. The molecule has 1 aliphatic rings. The summed E-state index contributed by atoms with van der Waals surface area (Å²) in [4.78, 5) is 3.89. The summed E-state index contributed by atoms with van der Waals surface area (Å²) < 4.78 is 38.8. The Hall–Kier alpha value is -1.59. The smallest absolute Gasteiger partial charge is 0.237 e. The van der Waals surface area contributed by atoms with E-state index in [0.717, 1.165) is 29.6 Å². The Morgan fingerprint density at radius 1 is 1.31 bits per heavy atom. The van der Waals surface area contributed by atoms with E-state index >= 15 is 0 Å². The minimum atomic E-state index is -4.39. The number of hydrogen-bond acceptors (Lipinski definition) is 2. The molecule has 1 aliphatic carbocycles. The highest BCUT2D eigenvalue weighted by Gasteiger charge is 2.35. The van der Waals surface area contributed by atoms with Gasteiger partial charge in [0.15, 0.2) is 5.65 Å². The Labute approximate surface area is 88.9 Å². The molecular weight excluding hydrogens is 219 g/mol. The van der Waals surface area contributed by atoms with E-state index in [4.69, 9.17) is 0 Å². The van der Waals surface area contributed by atoms with E-state index in [1.807, 2.05) is 0 Å². The van der Waals surface area contributed by atoms with Gasteiger partial charge in [-0.2, -0.15) is 18.3 Å². The molecule has 0 amide bonds. The lowest BCUT2D eigenvalue weighted by molar-refractivity contribution is -0.142. The maximum atomic E-state index is 12.7. The van der Waals surface area contributed by atoms with Crippen molar-refractivity contribution in [2.24, 2.45) is 0 Å². The summed E-state index contributed by atoms with van der Waals surface area (Å²) in [6, 6.07) is 2.57. The van der Waals surface area contributed by atoms with Gasteiger partial charge in [0.1, 0.15) is 5.69 Å². The van der Waals surface area contributed by atoms with Crippen molar-refractivity contribution in [3.63, 3.8) is 0 Å². The zero-order valence-corrected chi connectivity index (χ0v) is 8.20. The molecule has 1 saturated carbocycles. The zero-order chi connectivity index (χ0) is 11.3. The Morgan fingerprint density at radius 2 is 2.06 bits per heavy atom. The quantitative estimate of drug-likeness (QED) is 0.749. The predicted molar refractivity (Wildman–Crippen MR) is 50.0 cm³/mol. The summed E-state index contributed by atoms with van der Waals surface area (Å²) in [6.45, 7) is 0. The topological polar surface area (TPSA) is 30.2 Å². The van der Waals surface area contributed by atoms with Crippen LogP contribution in [0.5, 0.6) is 0 Å². The molecule has 2 heterocycles. The van der Waals surface area contributed by atoms with Crippen LogP contribution >= 0.6 is 0 Å². The molecule has 3 nitrogen and oxygen atoms in total. The number of fused-ring (bicyclic) bond motifs is 1. The summed E-state index contributed by atoms with van der Waals surface area (Å²) in [5.41, 5.74) is 0.199. The molecular formula is C10H8F3N3. The molecule has 0 atom stereocenters. The van der Waals surface area contributed by atoms with Crippen LogP contribution in [0, 0.1) is 0 Å². The van der Waals surface area contributed by atoms with E-state index in [9.17, 15) is 13.2 Å². The zero-order valence-electron chi connectivity index (χ0n) is 8.20. The third-order valence-corrected chi connectivity index (χ3v) is 2.66. The Bertz CT molecular complexity index is 540. The number of aromatic nitrogens is 3. The lowest BCUT2D eigenvalue weighted by Gasteiger charge is -2.07. The van der Waals surface area contributed by atoms with Crippen LogP contribution in [0.3, 0.4) is 0 Å². The van der Waals surface area contributed by atoms with Gasteiger partial charge in [-0.05, 0) is 18.9 Å². The van der Waals surface area contributed by atoms with Gasteiger partial charge in [0.2, 0.25) is 0 Å². The van der Waals surface area contributed by atoms with Gasteiger partial charge in [-0.25, -0.2) is 9.50 Å². The average molecular weight is 227 g/mol. The molecule has 0 spiro atoms. The van der Waals surface area contributed by atoms with Crippen LogP contribution in [0.15, 0.2) is 18.3 Å². The van der Waals surface area contributed by atoms with E-state index in [-0.39, 0.29) is 5.65 Å². The summed E-state index contributed by atoms with van der Waals surface area (Å²) in [5, 5.41) is 3.98. The van der Waals surface area contributed by atoms with Crippen molar-refractivity contribution in [2.45, 2.75) is 24.9 Å². The highest BCUT2D eigenvalue weighted by Crippen LogP contribution is 2.40. The Kier molecular flexibility index (Phi) is 1.78. The van der Waals surface area contributed by atoms with Crippen LogP contribution in [-0.2, 0) is 6.18 Å². The predicted octanol–water partition coefficient (Wildman–Crippen LogP) is 2.63. The minimum Gasteiger partial charge on any atom is -0.237 e. The Morgan fingerprint density at radius 3 is 2.69 bits per heavy atom. The van der Waals surface area contributed by atoms with Crippen molar-refractivity contribution in [3.05, 3.63) is 29.7 Å². The van der Waals surface area contributed by atoms with E-state index in [1.54, 1.807) is 6.07 Å². The first-order chi connectivity index (χ1) is 7.55. The first kappa shape index (κ1) is 9.62. The lowest BCUT2D eigenvalue weighted by Crippen LogP contribution is -2.12. The molecule has 84 valence electrons. The second-order valence-electron chi connectivity index (χ2n) is 3.94. The second-order valence-corrected chi connectivity index (χ2v) is 3.94. The number of rotatable bonds is 1. The highest BCUT2D eigenvalue weighted by atomic mass is 19.4.